The van der Waals surface area contributed by atoms with Crippen LogP contribution in [-0.4, -0.2) is 0 Å². The van der Waals surface area contributed by atoms with Gasteiger partial charge in [-0.1, -0.05) is 214 Å². The third-order valence-electron chi connectivity index (χ3n) is 16.3. The summed E-state index contributed by atoms with van der Waals surface area (Å²) in [4.78, 5) is 4.84. The van der Waals surface area contributed by atoms with E-state index in [4.69, 9.17) is 4.42 Å². The lowest BCUT2D eigenvalue weighted by Crippen LogP contribution is -2.24. The first-order chi connectivity index (χ1) is 38.4. The van der Waals surface area contributed by atoms with Crippen molar-refractivity contribution in [3.63, 3.8) is 0 Å². The number of furan rings is 1. The average Bonchev–Trinajstić information content (AvgIpc) is 2.89. The molecular formula is C75H52N2O. The van der Waals surface area contributed by atoms with Crippen molar-refractivity contribution in [2.75, 3.05) is 9.80 Å². The van der Waals surface area contributed by atoms with Crippen LogP contribution < -0.4 is 9.80 Å². The molecular weight excluding hydrogens is 945 g/mol. The minimum absolute atomic E-state index is 0.390. The van der Waals surface area contributed by atoms with Gasteiger partial charge < -0.3 is 14.2 Å². The monoisotopic (exact) mass is 996 g/mol. The Balaban J connectivity index is 0.967. The lowest BCUT2D eigenvalue weighted by molar-refractivity contribution is 0.645. The zero-order chi connectivity index (χ0) is 51.9. The third kappa shape index (κ3) is 7.34. The molecule has 0 spiro atoms. The van der Waals surface area contributed by atoms with Gasteiger partial charge in [0.1, 0.15) is 5.58 Å². The van der Waals surface area contributed by atoms with Gasteiger partial charge in [0.25, 0.3) is 0 Å². The first-order valence-corrected chi connectivity index (χ1v) is 27.0. The summed E-state index contributed by atoms with van der Waals surface area (Å²) in [6.07, 6.45) is 0. The van der Waals surface area contributed by atoms with Gasteiger partial charge in [0, 0.05) is 44.6 Å². The van der Waals surface area contributed by atoms with Crippen LogP contribution >= 0.6 is 0 Å². The molecule has 3 heteroatoms. The highest BCUT2D eigenvalue weighted by molar-refractivity contribution is 6.24. The smallest absolute Gasteiger partial charge is 0.159 e. The molecule has 0 unspecified atom stereocenters. The first-order valence-electron chi connectivity index (χ1n) is 27.0. The van der Waals surface area contributed by atoms with Crippen LogP contribution in [0.1, 0.15) is 25.0 Å². The van der Waals surface area contributed by atoms with Crippen molar-refractivity contribution < 1.29 is 4.42 Å². The number of hydrogen-bond donors (Lipinski definition) is 0. The molecule has 0 amide bonds. The molecule has 0 bridgehead atoms. The summed E-state index contributed by atoms with van der Waals surface area (Å²) < 4.78 is 6.81. The number of rotatable bonds is 9. The van der Waals surface area contributed by atoms with Crippen molar-refractivity contribution in [1.29, 1.82) is 0 Å². The Labute approximate surface area is 454 Å². The number of fused-ring (bicyclic) bond motifs is 8. The van der Waals surface area contributed by atoms with Gasteiger partial charge in [-0.25, -0.2) is 0 Å². The summed E-state index contributed by atoms with van der Waals surface area (Å²) in [6, 6.07) is 102. The van der Waals surface area contributed by atoms with Crippen LogP contribution in [0.3, 0.4) is 0 Å². The van der Waals surface area contributed by atoms with Crippen LogP contribution in [-0.2, 0) is 5.41 Å². The van der Waals surface area contributed by atoms with Crippen LogP contribution in [0.4, 0.5) is 34.1 Å². The maximum absolute atomic E-state index is 6.81. The number of para-hydroxylation sites is 3. The molecule has 0 aliphatic heterocycles. The number of hydrogen-bond acceptors (Lipinski definition) is 3. The fourth-order valence-electron chi connectivity index (χ4n) is 12.7. The van der Waals surface area contributed by atoms with Gasteiger partial charge in [0.05, 0.1) is 5.69 Å². The molecule has 0 saturated heterocycles. The summed E-state index contributed by atoms with van der Waals surface area (Å²) >= 11 is 0. The van der Waals surface area contributed by atoms with E-state index in [1.165, 1.54) is 76.8 Å². The second-order valence-electron chi connectivity index (χ2n) is 21.2. The second-order valence-corrected chi connectivity index (χ2v) is 21.2. The second kappa shape index (κ2) is 18.1. The molecule has 0 atom stereocenters. The zero-order valence-corrected chi connectivity index (χ0v) is 43.4. The number of anilines is 6. The highest BCUT2D eigenvalue weighted by Crippen LogP contribution is 2.56. The van der Waals surface area contributed by atoms with Crippen molar-refractivity contribution in [3.8, 4) is 44.5 Å². The van der Waals surface area contributed by atoms with Gasteiger partial charge in [0.2, 0.25) is 0 Å². The quantitative estimate of drug-likeness (QED) is 0.134. The Morgan fingerprint density at radius 1 is 0.308 bits per heavy atom. The Hall–Kier alpha value is -9.96. The SMILES string of the molecule is CC1(C)c2cc(N(c3ccc4ccccc4c3)c3cccc4c3oc3ccccc34)ccc2-c2c(-c3ccccc3)c3ccc(N(c4ccccc4)c4cc(-c5ccccc5)cc(-c5ccccc5)c4)cc3c3cccc1c23. The Kier molecular flexibility index (Phi) is 10.6. The van der Waals surface area contributed by atoms with Crippen LogP contribution in [0, 0.1) is 0 Å². The average molecular weight is 997 g/mol. The van der Waals surface area contributed by atoms with E-state index in [9.17, 15) is 0 Å². The lowest BCUT2D eigenvalue weighted by Gasteiger charge is -2.38. The Bertz CT molecular complexity index is 4580. The minimum Gasteiger partial charge on any atom is -0.454 e. The molecule has 1 heterocycles. The van der Waals surface area contributed by atoms with E-state index >= 15 is 0 Å². The van der Waals surface area contributed by atoms with Gasteiger partial charge in [-0.3, -0.25) is 0 Å². The molecule has 0 saturated carbocycles. The van der Waals surface area contributed by atoms with Gasteiger partial charge in [-0.2, -0.15) is 0 Å². The first kappa shape index (κ1) is 45.4. The molecule has 78 heavy (non-hydrogen) atoms. The molecule has 14 aromatic rings. The number of nitrogens with zero attached hydrogens (tertiary/aromatic N) is 2. The maximum Gasteiger partial charge on any atom is 0.159 e. The summed E-state index contributed by atoms with van der Waals surface area (Å²) in [5.74, 6) is 0. The third-order valence-corrected chi connectivity index (χ3v) is 16.3. The minimum atomic E-state index is -0.390. The fraction of sp³-hybridized carbons (Fsp3) is 0.0400. The highest BCUT2D eigenvalue weighted by atomic mass is 16.3. The van der Waals surface area contributed by atoms with E-state index in [2.05, 4.69) is 297 Å². The topological polar surface area (TPSA) is 19.6 Å². The van der Waals surface area contributed by atoms with E-state index in [0.29, 0.717) is 0 Å². The van der Waals surface area contributed by atoms with E-state index in [1.807, 2.05) is 6.07 Å². The maximum atomic E-state index is 6.81. The van der Waals surface area contributed by atoms with Crippen molar-refractivity contribution in [3.05, 3.63) is 290 Å². The van der Waals surface area contributed by atoms with Crippen molar-refractivity contribution in [2.45, 2.75) is 19.3 Å². The summed E-state index contributed by atoms with van der Waals surface area (Å²) in [5.41, 5.74) is 20.0. The molecule has 1 aliphatic carbocycles. The van der Waals surface area contributed by atoms with E-state index in [1.54, 1.807) is 0 Å². The highest BCUT2D eigenvalue weighted by Gasteiger charge is 2.37. The van der Waals surface area contributed by atoms with Gasteiger partial charge in [0.15, 0.2) is 5.58 Å². The summed E-state index contributed by atoms with van der Waals surface area (Å²) in [7, 11) is 0. The molecule has 3 nitrogen and oxygen atoms in total. The molecule has 368 valence electrons. The van der Waals surface area contributed by atoms with Gasteiger partial charge >= 0.3 is 0 Å². The Morgan fingerprint density at radius 3 is 1.63 bits per heavy atom. The Morgan fingerprint density at radius 2 is 0.885 bits per heavy atom. The van der Waals surface area contributed by atoms with E-state index in [0.717, 1.165) is 67.2 Å². The fourth-order valence-corrected chi connectivity index (χ4v) is 12.7. The molecule has 13 aromatic carbocycles. The van der Waals surface area contributed by atoms with Crippen LogP contribution in [0.25, 0.3) is 98.8 Å². The lowest BCUT2D eigenvalue weighted by atomic mass is 9.66. The van der Waals surface area contributed by atoms with Crippen molar-refractivity contribution in [1.82, 2.24) is 0 Å². The molecule has 15 rings (SSSR count). The van der Waals surface area contributed by atoms with Gasteiger partial charge in [-0.15, -0.1) is 0 Å². The molecule has 1 aromatic heterocycles. The van der Waals surface area contributed by atoms with E-state index in [-0.39, 0.29) is 5.41 Å². The van der Waals surface area contributed by atoms with Crippen molar-refractivity contribution >= 4 is 88.4 Å². The standard InChI is InChI=1S/C75H52N2O/c1-75(2)67-34-19-32-62-66-47-58(76(56-29-13-6-14-30-56)60-45-54(49-21-7-3-8-22-49)43-55(46-60)50-23-9-4-10-24-50)39-41-63(66)71(52-26-11-5-12-27-52)73(72(62)67)65-42-40-59(48-68(65)75)77(57-38-37-51-25-15-16-28-53(51)44-57)69-35-20-33-64-61-31-17-18-36-70(61)78-74(64)69/h3-48H,1-2H3. The predicted octanol–water partition coefficient (Wildman–Crippen LogP) is 21.3. The predicted molar refractivity (Wildman–Crippen MR) is 329 cm³/mol. The molecule has 0 radical (unpaired) electrons. The normalized spacial score (nSPS) is 12.6. The van der Waals surface area contributed by atoms with Crippen LogP contribution in [0.5, 0.6) is 0 Å². The molecule has 0 N–H and O–H groups in total. The molecule has 0 fully saturated rings. The van der Waals surface area contributed by atoms with Crippen LogP contribution in [0.2, 0.25) is 0 Å². The van der Waals surface area contributed by atoms with Crippen molar-refractivity contribution in [2.24, 2.45) is 0 Å². The molecule has 1 aliphatic rings. The van der Waals surface area contributed by atoms with Crippen LogP contribution in [0.15, 0.2) is 283 Å². The number of benzene rings is 13. The summed E-state index contributed by atoms with van der Waals surface area (Å²) in [6.45, 7) is 4.83. The summed E-state index contributed by atoms with van der Waals surface area (Å²) in [5, 5.41) is 9.56. The van der Waals surface area contributed by atoms with Gasteiger partial charge in [-0.05, 0) is 167 Å². The largest absolute Gasteiger partial charge is 0.454 e. The van der Waals surface area contributed by atoms with E-state index < -0.39 is 0 Å². The zero-order valence-electron chi connectivity index (χ0n) is 43.4.